The Bertz CT molecular complexity index is 434. The van der Waals surface area contributed by atoms with Crippen LogP contribution >= 0.6 is 11.6 Å². The standard InChI is InChI=1S/C11H9ClO4/c12-9-3-1-7(2-4-9)5-8(11(15)16)6-10(13)14/h1-4,6H,5H2,(H,13,14)(H,15,16)/b8-6-. The number of hydrogen-bond donors (Lipinski definition) is 2. The minimum Gasteiger partial charge on any atom is -0.478 e. The second-order valence-corrected chi connectivity index (χ2v) is 3.55. The quantitative estimate of drug-likeness (QED) is 0.789. The molecule has 0 unspecified atom stereocenters. The molecule has 1 rings (SSSR count). The van der Waals surface area contributed by atoms with Crippen molar-refractivity contribution in [1.29, 1.82) is 0 Å². The third-order valence-corrected chi connectivity index (χ3v) is 2.13. The van der Waals surface area contributed by atoms with Crippen LogP contribution in [0.25, 0.3) is 0 Å². The summed E-state index contributed by atoms with van der Waals surface area (Å²) < 4.78 is 0. The van der Waals surface area contributed by atoms with Crippen molar-refractivity contribution in [3.05, 3.63) is 46.5 Å². The molecule has 4 nitrogen and oxygen atoms in total. The van der Waals surface area contributed by atoms with Crippen molar-refractivity contribution in [1.82, 2.24) is 0 Å². The Morgan fingerprint density at radius 3 is 2.19 bits per heavy atom. The number of carboxylic acids is 2. The van der Waals surface area contributed by atoms with Gasteiger partial charge in [0.15, 0.2) is 0 Å². The Morgan fingerprint density at radius 1 is 1.19 bits per heavy atom. The van der Waals surface area contributed by atoms with E-state index in [0.29, 0.717) is 16.7 Å². The van der Waals surface area contributed by atoms with Crippen molar-refractivity contribution >= 4 is 23.5 Å². The summed E-state index contributed by atoms with van der Waals surface area (Å²) in [6.07, 6.45) is 0.746. The highest BCUT2D eigenvalue weighted by Gasteiger charge is 2.10. The lowest BCUT2D eigenvalue weighted by atomic mass is 10.1. The van der Waals surface area contributed by atoms with E-state index in [1.54, 1.807) is 24.3 Å². The van der Waals surface area contributed by atoms with Gasteiger partial charge in [-0.3, -0.25) is 0 Å². The first-order valence-corrected chi connectivity index (χ1v) is 4.78. The fraction of sp³-hybridized carbons (Fsp3) is 0.0909. The van der Waals surface area contributed by atoms with Crippen LogP contribution in [0.2, 0.25) is 5.02 Å². The molecule has 0 fully saturated rings. The van der Waals surface area contributed by atoms with Gasteiger partial charge in [0.05, 0.1) is 0 Å². The highest BCUT2D eigenvalue weighted by atomic mass is 35.5. The Balaban J connectivity index is 2.88. The third-order valence-electron chi connectivity index (χ3n) is 1.88. The average molecular weight is 241 g/mol. The summed E-state index contributed by atoms with van der Waals surface area (Å²) in [6.45, 7) is 0. The van der Waals surface area contributed by atoms with Crippen molar-refractivity contribution in [2.45, 2.75) is 6.42 Å². The van der Waals surface area contributed by atoms with Gasteiger partial charge in [0.1, 0.15) is 0 Å². The van der Waals surface area contributed by atoms with Gasteiger partial charge in [0, 0.05) is 23.1 Å². The maximum atomic E-state index is 10.7. The lowest BCUT2D eigenvalue weighted by Gasteiger charge is -2.02. The van der Waals surface area contributed by atoms with Crippen molar-refractivity contribution in [3.63, 3.8) is 0 Å². The maximum Gasteiger partial charge on any atom is 0.332 e. The lowest BCUT2D eigenvalue weighted by molar-refractivity contribution is -0.135. The fourth-order valence-electron chi connectivity index (χ4n) is 1.16. The summed E-state index contributed by atoms with van der Waals surface area (Å²) in [6, 6.07) is 6.55. The van der Waals surface area contributed by atoms with Crippen molar-refractivity contribution < 1.29 is 19.8 Å². The second-order valence-electron chi connectivity index (χ2n) is 3.12. The van der Waals surface area contributed by atoms with Crippen LogP contribution in [0.5, 0.6) is 0 Å². The summed E-state index contributed by atoms with van der Waals surface area (Å²) in [7, 11) is 0. The van der Waals surface area contributed by atoms with Crippen LogP contribution in [0, 0.1) is 0 Å². The summed E-state index contributed by atoms with van der Waals surface area (Å²) in [5.74, 6) is -2.51. The molecule has 1 aromatic rings. The van der Waals surface area contributed by atoms with E-state index in [4.69, 9.17) is 21.8 Å². The predicted molar refractivity (Wildman–Crippen MR) is 58.5 cm³/mol. The molecular formula is C11H9ClO4. The molecule has 0 saturated heterocycles. The largest absolute Gasteiger partial charge is 0.478 e. The monoisotopic (exact) mass is 240 g/mol. The van der Waals surface area contributed by atoms with Gasteiger partial charge < -0.3 is 10.2 Å². The molecule has 0 spiro atoms. The van der Waals surface area contributed by atoms with E-state index >= 15 is 0 Å². The van der Waals surface area contributed by atoms with Gasteiger partial charge >= 0.3 is 11.9 Å². The van der Waals surface area contributed by atoms with Gasteiger partial charge in [-0.25, -0.2) is 9.59 Å². The van der Waals surface area contributed by atoms with Crippen LogP contribution in [-0.4, -0.2) is 22.2 Å². The Hall–Kier alpha value is -1.81. The van der Waals surface area contributed by atoms with Crippen molar-refractivity contribution in [2.24, 2.45) is 0 Å². The first kappa shape index (κ1) is 12.3. The number of aliphatic carboxylic acids is 2. The van der Waals surface area contributed by atoms with Crippen LogP contribution < -0.4 is 0 Å². The molecule has 84 valence electrons. The van der Waals surface area contributed by atoms with Gasteiger partial charge in [-0.2, -0.15) is 0 Å². The van der Waals surface area contributed by atoms with E-state index in [1.165, 1.54) is 0 Å². The molecule has 0 bridgehead atoms. The van der Waals surface area contributed by atoms with E-state index < -0.39 is 11.9 Å². The minimum atomic E-state index is -1.27. The van der Waals surface area contributed by atoms with E-state index in [2.05, 4.69) is 0 Å². The first-order chi connectivity index (χ1) is 7.49. The number of rotatable bonds is 4. The SMILES string of the molecule is O=C(O)/C=C(/Cc1ccc(Cl)cc1)C(=O)O. The Labute approximate surface area is 96.8 Å². The lowest BCUT2D eigenvalue weighted by Crippen LogP contribution is -2.06. The number of benzene rings is 1. The van der Waals surface area contributed by atoms with Gasteiger partial charge in [-0.05, 0) is 17.7 Å². The molecule has 0 aliphatic heterocycles. The van der Waals surface area contributed by atoms with Crippen molar-refractivity contribution in [2.75, 3.05) is 0 Å². The minimum absolute atomic E-state index is 0.0544. The summed E-state index contributed by atoms with van der Waals surface area (Å²) in [5, 5.41) is 17.8. The van der Waals surface area contributed by atoms with Crippen LogP contribution in [0.4, 0.5) is 0 Å². The Kier molecular flexibility index (Phi) is 4.08. The molecule has 0 aromatic heterocycles. The zero-order valence-corrected chi connectivity index (χ0v) is 8.94. The zero-order chi connectivity index (χ0) is 12.1. The van der Waals surface area contributed by atoms with Gasteiger partial charge in [0.25, 0.3) is 0 Å². The molecule has 5 heteroatoms. The van der Waals surface area contributed by atoms with Crippen LogP contribution in [0.3, 0.4) is 0 Å². The van der Waals surface area contributed by atoms with Crippen LogP contribution in [0.15, 0.2) is 35.9 Å². The molecule has 0 saturated carbocycles. The average Bonchev–Trinajstić information content (AvgIpc) is 2.19. The van der Waals surface area contributed by atoms with Crippen molar-refractivity contribution in [3.8, 4) is 0 Å². The molecule has 0 heterocycles. The van der Waals surface area contributed by atoms with Gasteiger partial charge in [-0.15, -0.1) is 0 Å². The van der Waals surface area contributed by atoms with Crippen LogP contribution in [0.1, 0.15) is 5.56 Å². The molecule has 1 aromatic carbocycles. The molecule has 0 radical (unpaired) electrons. The summed E-state index contributed by atoms with van der Waals surface area (Å²) >= 11 is 5.67. The first-order valence-electron chi connectivity index (χ1n) is 4.40. The summed E-state index contributed by atoms with van der Waals surface area (Å²) in [4.78, 5) is 21.1. The number of halogens is 1. The molecule has 2 N–H and O–H groups in total. The molecule has 0 aliphatic carbocycles. The highest BCUT2D eigenvalue weighted by Crippen LogP contribution is 2.13. The molecular weight excluding hydrogens is 232 g/mol. The van der Waals surface area contributed by atoms with E-state index in [9.17, 15) is 9.59 Å². The summed E-state index contributed by atoms with van der Waals surface area (Å²) in [5.41, 5.74) is 0.522. The topological polar surface area (TPSA) is 74.6 Å². The van der Waals surface area contributed by atoms with E-state index in [0.717, 1.165) is 0 Å². The number of carboxylic acid groups (broad SMARTS) is 2. The zero-order valence-electron chi connectivity index (χ0n) is 8.18. The molecule has 0 atom stereocenters. The maximum absolute atomic E-state index is 10.7. The fourth-order valence-corrected chi connectivity index (χ4v) is 1.29. The van der Waals surface area contributed by atoms with E-state index in [1.807, 2.05) is 0 Å². The second kappa shape index (κ2) is 5.32. The Morgan fingerprint density at radius 2 is 1.75 bits per heavy atom. The highest BCUT2D eigenvalue weighted by molar-refractivity contribution is 6.30. The van der Waals surface area contributed by atoms with Crippen LogP contribution in [-0.2, 0) is 16.0 Å². The third kappa shape index (κ3) is 3.74. The van der Waals surface area contributed by atoms with E-state index in [-0.39, 0.29) is 12.0 Å². The van der Waals surface area contributed by atoms with Gasteiger partial charge in [0.2, 0.25) is 0 Å². The smallest absolute Gasteiger partial charge is 0.332 e. The molecule has 16 heavy (non-hydrogen) atoms. The normalized spacial score (nSPS) is 11.2. The predicted octanol–water partition coefficient (Wildman–Crippen LogP) is 1.98. The number of carbonyl (C=O) groups is 2. The molecule has 0 aliphatic rings. The van der Waals surface area contributed by atoms with Gasteiger partial charge in [-0.1, -0.05) is 23.7 Å². The number of hydrogen-bond acceptors (Lipinski definition) is 2. The molecule has 0 amide bonds.